The lowest BCUT2D eigenvalue weighted by atomic mass is 10.1. The number of carbonyl (C=O) groups excluding carboxylic acids is 2. The summed E-state index contributed by atoms with van der Waals surface area (Å²) < 4.78 is 0. The standard InChI is InChI=1S/C17H20N4O2S.ClH/c1-11-12(17(23)21-7-2-3-8-21)5-4-6-13(11)20-16(22)14-10-24-15(9-18)19-14;/h4-6,10H,2-3,7-9,18H2,1H3,(H,20,22);1H. The number of nitrogens with one attached hydrogen (secondary N) is 1. The van der Waals surface area contributed by atoms with Crippen molar-refractivity contribution in [2.45, 2.75) is 26.3 Å². The van der Waals surface area contributed by atoms with Gasteiger partial charge >= 0.3 is 0 Å². The van der Waals surface area contributed by atoms with Gasteiger partial charge in [0.1, 0.15) is 10.7 Å². The van der Waals surface area contributed by atoms with E-state index in [0.29, 0.717) is 23.5 Å². The Morgan fingerprint density at radius 2 is 2.04 bits per heavy atom. The summed E-state index contributed by atoms with van der Waals surface area (Å²) in [7, 11) is 0. The summed E-state index contributed by atoms with van der Waals surface area (Å²) in [5, 5.41) is 5.25. The summed E-state index contributed by atoms with van der Waals surface area (Å²) in [5.74, 6) is -0.264. The second-order valence-electron chi connectivity index (χ2n) is 5.76. The molecule has 134 valence electrons. The van der Waals surface area contributed by atoms with Crippen molar-refractivity contribution in [3.63, 3.8) is 0 Å². The van der Waals surface area contributed by atoms with Crippen molar-refractivity contribution in [3.8, 4) is 0 Å². The third-order valence-electron chi connectivity index (χ3n) is 4.16. The van der Waals surface area contributed by atoms with E-state index >= 15 is 0 Å². The molecule has 1 aromatic heterocycles. The lowest BCUT2D eigenvalue weighted by molar-refractivity contribution is 0.0791. The van der Waals surface area contributed by atoms with Gasteiger partial charge < -0.3 is 16.0 Å². The van der Waals surface area contributed by atoms with E-state index in [1.54, 1.807) is 23.6 Å². The highest BCUT2D eigenvalue weighted by atomic mass is 35.5. The van der Waals surface area contributed by atoms with Crippen LogP contribution in [0.15, 0.2) is 23.6 Å². The number of halogens is 1. The molecule has 2 heterocycles. The van der Waals surface area contributed by atoms with Crippen molar-refractivity contribution in [1.82, 2.24) is 9.88 Å². The van der Waals surface area contributed by atoms with Gasteiger partial charge in [0, 0.05) is 36.3 Å². The number of rotatable bonds is 4. The van der Waals surface area contributed by atoms with Crippen LogP contribution in [0.5, 0.6) is 0 Å². The van der Waals surface area contributed by atoms with E-state index in [1.807, 2.05) is 11.8 Å². The molecule has 25 heavy (non-hydrogen) atoms. The number of likely N-dealkylation sites (tertiary alicyclic amines) is 1. The minimum Gasteiger partial charge on any atom is -0.339 e. The molecule has 6 nitrogen and oxygen atoms in total. The van der Waals surface area contributed by atoms with E-state index in [0.717, 1.165) is 36.5 Å². The Morgan fingerprint density at radius 3 is 2.68 bits per heavy atom. The molecule has 2 amide bonds. The number of nitrogens with two attached hydrogens (primary N) is 1. The van der Waals surface area contributed by atoms with Crippen LogP contribution in [-0.2, 0) is 6.54 Å². The smallest absolute Gasteiger partial charge is 0.275 e. The Balaban J connectivity index is 0.00000225. The maximum Gasteiger partial charge on any atom is 0.275 e. The molecule has 3 N–H and O–H groups in total. The number of hydrogen-bond acceptors (Lipinski definition) is 5. The first-order valence-electron chi connectivity index (χ1n) is 7.95. The molecule has 3 rings (SSSR count). The van der Waals surface area contributed by atoms with Crippen molar-refractivity contribution >= 4 is 41.2 Å². The van der Waals surface area contributed by atoms with Crippen LogP contribution in [0, 0.1) is 6.92 Å². The fourth-order valence-electron chi connectivity index (χ4n) is 2.79. The molecule has 0 spiro atoms. The summed E-state index contributed by atoms with van der Waals surface area (Å²) in [6, 6.07) is 5.39. The van der Waals surface area contributed by atoms with Gasteiger partial charge in [0.05, 0.1) is 0 Å². The number of nitrogens with zero attached hydrogens (tertiary/aromatic N) is 2. The molecule has 0 radical (unpaired) electrons. The highest BCUT2D eigenvalue weighted by molar-refractivity contribution is 7.09. The predicted molar refractivity (Wildman–Crippen MR) is 102 cm³/mol. The molecule has 1 aliphatic heterocycles. The molecule has 1 fully saturated rings. The monoisotopic (exact) mass is 380 g/mol. The zero-order valence-electron chi connectivity index (χ0n) is 13.9. The molecule has 8 heteroatoms. The number of aromatic nitrogens is 1. The largest absolute Gasteiger partial charge is 0.339 e. The Labute approximate surface area is 156 Å². The van der Waals surface area contributed by atoms with Gasteiger partial charge in [-0.1, -0.05) is 6.07 Å². The third-order valence-corrected chi connectivity index (χ3v) is 5.04. The van der Waals surface area contributed by atoms with Crippen LogP contribution >= 0.6 is 23.7 Å². The first-order valence-corrected chi connectivity index (χ1v) is 8.83. The minimum atomic E-state index is -0.292. The first kappa shape index (κ1) is 19.4. The van der Waals surface area contributed by atoms with E-state index in [1.165, 1.54) is 11.3 Å². The molecule has 1 saturated heterocycles. The van der Waals surface area contributed by atoms with Crippen LogP contribution < -0.4 is 11.1 Å². The lowest BCUT2D eigenvalue weighted by Crippen LogP contribution is -2.28. The molecule has 0 saturated carbocycles. The number of hydrogen-bond donors (Lipinski definition) is 2. The third kappa shape index (κ3) is 4.18. The SMILES string of the molecule is Cc1c(NC(=O)c2csc(CN)n2)cccc1C(=O)N1CCCC1.Cl. The molecule has 0 atom stereocenters. The topological polar surface area (TPSA) is 88.3 Å². The van der Waals surface area contributed by atoms with Crippen LogP contribution in [-0.4, -0.2) is 34.8 Å². The molecule has 1 aliphatic rings. The van der Waals surface area contributed by atoms with Crippen molar-refractivity contribution < 1.29 is 9.59 Å². The second kappa shape index (κ2) is 8.42. The van der Waals surface area contributed by atoms with Crippen molar-refractivity contribution in [2.75, 3.05) is 18.4 Å². The van der Waals surface area contributed by atoms with Gasteiger partial charge in [0.15, 0.2) is 0 Å². The molecular weight excluding hydrogens is 360 g/mol. The maximum atomic E-state index is 12.6. The Kier molecular flexibility index (Phi) is 6.52. The van der Waals surface area contributed by atoms with E-state index < -0.39 is 0 Å². The fraction of sp³-hybridized carbons (Fsp3) is 0.353. The normalized spacial score (nSPS) is 13.4. The van der Waals surface area contributed by atoms with Crippen LogP contribution in [0.3, 0.4) is 0 Å². The Hall–Kier alpha value is -1.96. The van der Waals surface area contributed by atoms with Crippen molar-refractivity contribution in [2.24, 2.45) is 5.73 Å². The first-order chi connectivity index (χ1) is 11.6. The lowest BCUT2D eigenvalue weighted by Gasteiger charge is -2.18. The van der Waals surface area contributed by atoms with Gasteiger partial charge in [-0.2, -0.15) is 0 Å². The van der Waals surface area contributed by atoms with Crippen LogP contribution in [0.4, 0.5) is 5.69 Å². The quantitative estimate of drug-likeness (QED) is 0.853. The number of benzene rings is 1. The second-order valence-corrected chi connectivity index (χ2v) is 6.70. The zero-order valence-corrected chi connectivity index (χ0v) is 15.6. The Bertz CT molecular complexity index is 772. The molecule has 0 bridgehead atoms. The molecule has 1 aromatic carbocycles. The van der Waals surface area contributed by atoms with Crippen LogP contribution in [0.2, 0.25) is 0 Å². The number of amides is 2. The number of carbonyl (C=O) groups is 2. The van der Waals surface area contributed by atoms with Gasteiger partial charge in [-0.15, -0.1) is 23.7 Å². The summed E-state index contributed by atoms with van der Waals surface area (Å²) in [4.78, 5) is 31.0. The summed E-state index contributed by atoms with van der Waals surface area (Å²) in [5.41, 5.74) is 7.91. The van der Waals surface area contributed by atoms with Gasteiger partial charge in [-0.25, -0.2) is 4.98 Å². The average molecular weight is 381 g/mol. The highest BCUT2D eigenvalue weighted by Gasteiger charge is 2.22. The maximum absolute atomic E-state index is 12.6. The van der Waals surface area contributed by atoms with Gasteiger partial charge in [-0.05, 0) is 37.5 Å². The fourth-order valence-corrected chi connectivity index (χ4v) is 3.44. The van der Waals surface area contributed by atoms with Crippen LogP contribution in [0.1, 0.15) is 44.3 Å². The highest BCUT2D eigenvalue weighted by Crippen LogP contribution is 2.23. The molecule has 2 aromatic rings. The predicted octanol–water partition coefficient (Wildman–Crippen LogP) is 2.82. The zero-order chi connectivity index (χ0) is 17.1. The van der Waals surface area contributed by atoms with Crippen LogP contribution in [0.25, 0.3) is 0 Å². The Morgan fingerprint density at radius 1 is 1.32 bits per heavy atom. The van der Waals surface area contributed by atoms with Gasteiger partial charge in [0.25, 0.3) is 11.8 Å². The van der Waals surface area contributed by atoms with Crippen molar-refractivity contribution in [3.05, 3.63) is 45.4 Å². The van der Waals surface area contributed by atoms with E-state index in [4.69, 9.17) is 5.73 Å². The molecule has 0 aliphatic carbocycles. The van der Waals surface area contributed by atoms with Gasteiger partial charge in [0.2, 0.25) is 0 Å². The average Bonchev–Trinajstić information content (AvgIpc) is 3.27. The van der Waals surface area contributed by atoms with E-state index in [2.05, 4.69) is 10.3 Å². The summed E-state index contributed by atoms with van der Waals surface area (Å²) >= 11 is 1.36. The molecular formula is C17H21ClN4O2S. The molecule has 0 unspecified atom stereocenters. The van der Waals surface area contributed by atoms with E-state index in [-0.39, 0.29) is 24.2 Å². The summed E-state index contributed by atoms with van der Waals surface area (Å²) in [6.45, 7) is 3.77. The van der Waals surface area contributed by atoms with E-state index in [9.17, 15) is 9.59 Å². The minimum absolute atomic E-state index is 0. The number of thiazole rings is 1. The number of anilines is 1. The van der Waals surface area contributed by atoms with Crippen molar-refractivity contribution in [1.29, 1.82) is 0 Å². The summed E-state index contributed by atoms with van der Waals surface area (Å²) in [6.07, 6.45) is 2.10. The van der Waals surface area contributed by atoms with Gasteiger partial charge in [-0.3, -0.25) is 9.59 Å².